The van der Waals surface area contributed by atoms with Crippen LogP contribution in [0.15, 0.2) is 24.5 Å². The molecule has 3 rings (SSSR count). The number of nitrogens with one attached hydrogen (secondary N) is 2. The van der Waals surface area contributed by atoms with Gasteiger partial charge < -0.3 is 10.6 Å². The van der Waals surface area contributed by atoms with Crippen molar-refractivity contribution >= 4 is 11.8 Å². The van der Waals surface area contributed by atoms with E-state index >= 15 is 0 Å². The number of aromatic nitrogens is 1. The average Bonchev–Trinajstić information content (AvgIpc) is 3.20. The van der Waals surface area contributed by atoms with Crippen LogP contribution in [0.1, 0.15) is 32.3 Å². The molecule has 3 atom stereocenters. The lowest BCUT2D eigenvalue weighted by atomic mass is 9.99. The third kappa shape index (κ3) is 4.06. The Morgan fingerprint density at radius 2 is 2.15 bits per heavy atom. The summed E-state index contributed by atoms with van der Waals surface area (Å²) in [5, 5.41) is 5.86. The molecule has 1 aliphatic carbocycles. The minimum absolute atomic E-state index is 0.00947. The zero-order chi connectivity index (χ0) is 18.7. The first-order valence-corrected chi connectivity index (χ1v) is 9.57. The zero-order valence-corrected chi connectivity index (χ0v) is 16.0. The molecule has 1 aromatic rings. The van der Waals surface area contributed by atoms with Gasteiger partial charge in [0, 0.05) is 45.0 Å². The number of hydrogen-bond donors (Lipinski definition) is 2. The van der Waals surface area contributed by atoms with Gasteiger partial charge in [0.05, 0.1) is 6.04 Å². The average molecular weight is 358 g/mol. The lowest BCUT2D eigenvalue weighted by Crippen LogP contribution is -2.43. The number of hydrogen-bond acceptors (Lipinski definition) is 4. The van der Waals surface area contributed by atoms with E-state index in [2.05, 4.69) is 34.4 Å². The zero-order valence-electron chi connectivity index (χ0n) is 16.0. The Kier molecular flexibility index (Phi) is 5.61. The summed E-state index contributed by atoms with van der Waals surface area (Å²) in [4.78, 5) is 31.2. The topological polar surface area (TPSA) is 74.3 Å². The van der Waals surface area contributed by atoms with E-state index in [-0.39, 0.29) is 29.2 Å². The number of likely N-dealkylation sites (tertiary alicyclic amines) is 1. The Balaban J connectivity index is 1.53. The maximum atomic E-state index is 12.6. The van der Waals surface area contributed by atoms with Gasteiger partial charge in [0.25, 0.3) is 0 Å². The van der Waals surface area contributed by atoms with Crippen LogP contribution < -0.4 is 10.6 Å². The van der Waals surface area contributed by atoms with Crippen LogP contribution in [-0.4, -0.2) is 54.4 Å². The molecule has 0 aromatic carbocycles. The fraction of sp³-hybridized carbons (Fsp3) is 0.650. The SMILES string of the molecule is CNC(=O)[C@@H]1C[C@@]2(C[C@@H]2C(=O)NCCc2cccnc2)CN1CC(C)C. The van der Waals surface area contributed by atoms with Gasteiger partial charge in [0.2, 0.25) is 11.8 Å². The highest BCUT2D eigenvalue weighted by Crippen LogP contribution is 2.60. The lowest BCUT2D eigenvalue weighted by Gasteiger charge is -2.24. The molecule has 6 nitrogen and oxygen atoms in total. The first-order valence-electron chi connectivity index (χ1n) is 9.57. The maximum absolute atomic E-state index is 12.6. The summed E-state index contributed by atoms with van der Waals surface area (Å²) in [6.07, 6.45) is 6.06. The normalized spacial score (nSPS) is 27.7. The summed E-state index contributed by atoms with van der Waals surface area (Å²) in [6, 6.07) is 3.83. The van der Waals surface area contributed by atoms with E-state index in [1.807, 2.05) is 18.3 Å². The molecule has 2 heterocycles. The predicted octanol–water partition coefficient (Wildman–Crippen LogP) is 1.22. The number of carbonyl (C=O) groups excluding carboxylic acids is 2. The number of likely N-dealkylation sites (N-methyl/N-ethyl adjacent to an activating group) is 1. The summed E-state index contributed by atoms with van der Waals surface area (Å²) in [5.74, 6) is 0.754. The van der Waals surface area contributed by atoms with E-state index in [0.29, 0.717) is 12.5 Å². The Hall–Kier alpha value is -1.95. The highest BCUT2D eigenvalue weighted by Gasteiger charge is 2.63. The summed E-state index contributed by atoms with van der Waals surface area (Å²) in [7, 11) is 1.69. The molecule has 1 spiro atoms. The van der Waals surface area contributed by atoms with E-state index in [1.165, 1.54) is 0 Å². The molecule has 1 saturated heterocycles. The van der Waals surface area contributed by atoms with Crippen molar-refractivity contribution in [3.63, 3.8) is 0 Å². The molecule has 1 aromatic heterocycles. The van der Waals surface area contributed by atoms with Crippen molar-refractivity contribution in [3.05, 3.63) is 30.1 Å². The molecule has 142 valence electrons. The molecule has 2 fully saturated rings. The van der Waals surface area contributed by atoms with E-state index in [0.717, 1.165) is 37.9 Å². The van der Waals surface area contributed by atoms with Crippen LogP contribution in [-0.2, 0) is 16.0 Å². The fourth-order valence-electron chi connectivity index (χ4n) is 4.30. The number of amides is 2. The van der Waals surface area contributed by atoms with Gasteiger partial charge >= 0.3 is 0 Å². The quantitative estimate of drug-likeness (QED) is 0.769. The molecule has 0 unspecified atom stereocenters. The van der Waals surface area contributed by atoms with Crippen molar-refractivity contribution in [3.8, 4) is 0 Å². The van der Waals surface area contributed by atoms with Crippen LogP contribution in [0.25, 0.3) is 0 Å². The van der Waals surface area contributed by atoms with E-state index in [1.54, 1.807) is 13.2 Å². The Morgan fingerprint density at radius 3 is 2.81 bits per heavy atom. The number of nitrogens with zero attached hydrogens (tertiary/aromatic N) is 2. The first-order chi connectivity index (χ1) is 12.4. The number of rotatable bonds is 7. The van der Waals surface area contributed by atoms with Crippen molar-refractivity contribution < 1.29 is 9.59 Å². The summed E-state index contributed by atoms with van der Waals surface area (Å²) in [5.41, 5.74) is 1.12. The Bertz CT molecular complexity index is 648. The third-order valence-corrected chi connectivity index (χ3v) is 5.65. The Morgan fingerprint density at radius 1 is 1.35 bits per heavy atom. The van der Waals surface area contributed by atoms with E-state index < -0.39 is 0 Å². The highest BCUT2D eigenvalue weighted by molar-refractivity contribution is 5.85. The molecule has 6 heteroatoms. The van der Waals surface area contributed by atoms with Crippen LogP contribution in [0.5, 0.6) is 0 Å². The van der Waals surface area contributed by atoms with Gasteiger partial charge in [-0.25, -0.2) is 0 Å². The van der Waals surface area contributed by atoms with Gasteiger partial charge in [-0.05, 0) is 42.2 Å². The largest absolute Gasteiger partial charge is 0.358 e. The number of carbonyl (C=O) groups is 2. The summed E-state index contributed by atoms with van der Waals surface area (Å²) in [6.45, 7) is 6.72. The fourth-order valence-corrected chi connectivity index (χ4v) is 4.30. The Labute approximate surface area is 155 Å². The summed E-state index contributed by atoms with van der Waals surface area (Å²) >= 11 is 0. The molecular weight excluding hydrogens is 328 g/mol. The van der Waals surface area contributed by atoms with Crippen LogP contribution in [0.3, 0.4) is 0 Å². The second kappa shape index (κ2) is 7.74. The smallest absolute Gasteiger partial charge is 0.237 e. The third-order valence-electron chi connectivity index (χ3n) is 5.65. The van der Waals surface area contributed by atoms with Crippen LogP contribution in [0, 0.1) is 17.3 Å². The molecule has 2 amide bonds. The molecular formula is C20H30N4O2. The van der Waals surface area contributed by atoms with Crippen LogP contribution >= 0.6 is 0 Å². The summed E-state index contributed by atoms with van der Waals surface area (Å²) < 4.78 is 0. The van der Waals surface area contributed by atoms with E-state index in [4.69, 9.17) is 0 Å². The van der Waals surface area contributed by atoms with E-state index in [9.17, 15) is 9.59 Å². The molecule has 1 aliphatic heterocycles. The van der Waals surface area contributed by atoms with Crippen molar-refractivity contribution in [1.82, 2.24) is 20.5 Å². The monoisotopic (exact) mass is 358 g/mol. The van der Waals surface area contributed by atoms with Gasteiger partial charge in [0.15, 0.2) is 0 Å². The first kappa shape index (κ1) is 18.8. The second-order valence-electron chi connectivity index (χ2n) is 8.18. The second-order valence-corrected chi connectivity index (χ2v) is 8.18. The molecule has 26 heavy (non-hydrogen) atoms. The standard InChI is InChI=1S/C20H30N4O2/c1-14(2)12-24-13-20(10-17(24)19(26)21-3)9-16(20)18(25)23-8-6-15-5-4-7-22-11-15/h4-5,7,11,14,16-17H,6,8-10,12-13H2,1-3H3,(H,21,26)(H,23,25)/t16-,17+,20+/m1/s1. The van der Waals surface area contributed by atoms with Gasteiger partial charge in [-0.15, -0.1) is 0 Å². The minimum Gasteiger partial charge on any atom is -0.358 e. The van der Waals surface area contributed by atoms with Gasteiger partial charge in [-0.1, -0.05) is 19.9 Å². The van der Waals surface area contributed by atoms with Gasteiger partial charge in [-0.3, -0.25) is 19.5 Å². The minimum atomic E-state index is -0.101. The highest BCUT2D eigenvalue weighted by atomic mass is 16.2. The molecule has 2 N–H and O–H groups in total. The van der Waals surface area contributed by atoms with Crippen molar-refractivity contribution in [1.29, 1.82) is 0 Å². The number of pyridine rings is 1. The van der Waals surface area contributed by atoms with Crippen molar-refractivity contribution in [2.24, 2.45) is 17.3 Å². The molecule has 1 saturated carbocycles. The molecule has 2 aliphatic rings. The van der Waals surface area contributed by atoms with Crippen molar-refractivity contribution in [2.45, 2.75) is 39.2 Å². The molecule has 0 radical (unpaired) electrons. The predicted molar refractivity (Wildman–Crippen MR) is 100 cm³/mol. The van der Waals surface area contributed by atoms with Crippen LogP contribution in [0.2, 0.25) is 0 Å². The van der Waals surface area contributed by atoms with Gasteiger partial charge in [-0.2, -0.15) is 0 Å². The van der Waals surface area contributed by atoms with Crippen molar-refractivity contribution in [2.75, 3.05) is 26.7 Å². The van der Waals surface area contributed by atoms with Crippen LogP contribution in [0.4, 0.5) is 0 Å². The van der Waals surface area contributed by atoms with Gasteiger partial charge in [0.1, 0.15) is 0 Å². The lowest BCUT2D eigenvalue weighted by molar-refractivity contribution is -0.125. The molecule has 0 bridgehead atoms. The maximum Gasteiger partial charge on any atom is 0.237 e.